The molecule has 0 aliphatic rings. The average Bonchev–Trinajstić information content (AvgIpc) is 2.53. The fourth-order valence-electron chi connectivity index (χ4n) is 2.14. The highest BCUT2D eigenvalue weighted by molar-refractivity contribution is 5.26. The van der Waals surface area contributed by atoms with Crippen molar-refractivity contribution in [2.75, 3.05) is 0 Å². The van der Waals surface area contributed by atoms with E-state index < -0.39 is 12.0 Å². The molecule has 0 fully saturated rings. The highest BCUT2D eigenvalue weighted by Crippen LogP contribution is 2.32. The molecule has 0 saturated heterocycles. The van der Waals surface area contributed by atoms with Crippen LogP contribution in [0, 0.1) is 11.3 Å². The summed E-state index contributed by atoms with van der Waals surface area (Å²) < 4.78 is 28.8. The van der Waals surface area contributed by atoms with E-state index in [0.29, 0.717) is 0 Å². The summed E-state index contributed by atoms with van der Waals surface area (Å²) in [6, 6.07) is 16.4. The molecule has 0 radical (unpaired) electrons. The van der Waals surface area contributed by atoms with Gasteiger partial charge in [-0.15, -0.1) is 0 Å². The number of nitrogens with zero attached hydrogens (tertiary/aromatic N) is 1. The SMILES string of the molecule is C[C@H](N[C@H](C#N)C(F)(F)c1ccccc1)c1ccccc1. The van der Waals surface area contributed by atoms with Crippen LogP contribution in [0.1, 0.15) is 24.1 Å². The van der Waals surface area contributed by atoms with E-state index >= 15 is 0 Å². The van der Waals surface area contributed by atoms with Crippen molar-refractivity contribution in [2.45, 2.75) is 24.9 Å². The van der Waals surface area contributed by atoms with Crippen LogP contribution in [-0.4, -0.2) is 6.04 Å². The summed E-state index contributed by atoms with van der Waals surface area (Å²) in [6.07, 6.45) is 0. The molecule has 0 amide bonds. The third-order valence-corrected chi connectivity index (χ3v) is 3.37. The van der Waals surface area contributed by atoms with Crippen molar-refractivity contribution in [3.8, 4) is 6.07 Å². The molecule has 21 heavy (non-hydrogen) atoms. The summed E-state index contributed by atoms with van der Waals surface area (Å²) >= 11 is 0. The summed E-state index contributed by atoms with van der Waals surface area (Å²) in [5.74, 6) is -3.25. The Bertz CT molecular complexity index is 606. The minimum atomic E-state index is -3.25. The maximum Gasteiger partial charge on any atom is 0.301 e. The number of halogens is 2. The zero-order valence-corrected chi connectivity index (χ0v) is 11.6. The maximum atomic E-state index is 14.4. The second kappa shape index (κ2) is 6.47. The molecule has 0 aliphatic carbocycles. The molecular formula is C17H16F2N2. The lowest BCUT2D eigenvalue weighted by atomic mass is 10.00. The van der Waals surface area contributed by atoms with E-state index in [4.69, 9.17) is 5.26 Å². The van der Waals surface area contributed by atoms with Crippen LogP contribution in [0.15, 0.2) is 60.7 Å². The normalized spacial score (nSPS) is 14.2. The van der Waals surface area contributed by atoms with Gasteiger partial charge in [0.15, 0.2) is 6.04 Å². The van der Waals surface area contributed by atoms with Crippen molar-refractivity contribution in [3.05, 3.63) is 71.8 Å². The summed E-state index contributed by atoms with van der Waals surface area (Å²) in [4.78, 5) is 0. The van der Waals surface area contributed by atoms with Crippen LogP contribution in [0.25, 0.3) is 0 Å². The van der Waals surface area contributed by atoms with Crippen molar-refractivity contribution >= 4 is 0 Å². The number of alkyl halides is 2. The first-order chi connectivity index (χ1) is 10.1. The van der Waals surface area contributed by atoms with E-state index in [-0.39, 0.29) is 11.6 Å². The van der Waals surface area contributed by atoms with Gasteiger partial charge in [0, 0.05) is 11.6 Å². The zero-order chi connectivity index (χ0) is 15.3. The van der Waals surface area contributed by atoms with Gasteiger partial charge in [-0.05, 0) is 12.5 Å². The third-order valence-electron chi connectivity index (χ3n) is 3.37. The van der Waals surface area contributed by atoms with Crippen LogP contribution in [0.2, 0.25) is 0 Å². The van der Waals surface area contributed by atoms with Gasteiger partial charge in [-0.25, -0.2) is 0 Å². The highest BCUT2D eigenvalue weighted by atomic mass is 19.3. The highest BCUT2D eigenvalue weighted by Gasteiger charge is 2.42. The van der Waals surface area contributed by atoms with E-state index in [0.717, 1.165) is 5.56 Å². The van der Waals surface area contributed by atoms with E-state index in [1.165, 1.54) is 24.3 Å². The second-order valence-corrected chi connectivity index (χ2v) is 4.85. The van der Waals surface area contributed by atoms with E-state index in [1.807, 2.05) is 30.3 Å². The molecule has 0 bridgehead atoms. The standard InChI is InChI=1S/C17H16F2N2/c1-13(14-8-4-2-5-9-14)21-16(12-20)17(18,19)15-10-6-3-7-11-15/h2-11,13,16,21H,1H3/t13-,16+/m0/s1. The maximum absolute atomic E-state index is 14.4. The molecular weight excluding hydrogens is 270 g/mol. The van der Waals surface area contributed by atoms with E-state index in [2.05, 4.69) is 5.32 Å². The van der Waals surface area contributed by atoms with Gasteiger partial charge in [0.05, 0.1) is 6.07 Å². The van der Waals surface area contributed by atoms with Crippen molar-refractivity contribution in [1.29, 1.82) is 5.26 Å². The number of nitrogens with one attached hydrogen (secondary N) is 1. The molecule has 0 heterocycles. The molecule has 2 aromatic rings. The molecule has 0 aliphatic heterocycles. The van der Waals surface area contributed by atoms with Crippen molar-refractivity contribution in [3.63, 3.8) is 0 Å². The van der Waals surface area contributed by atoms with E-state index in [9.17, 15) is 8.78 Å². The van der Waals surface area contributed by atoms with Crippen LogP contribution in [-0.2, 0) is 5.92 Å². The smallest absolute Gasteiger partial charge is 0.290 e. The zero-order valence-electron chi connectivity index (χ0n) is 11.6. The molecule has 1 N–H and O–H groups in total. The molecule has 0 unspecified atom stereocenters. The Morgan fingerprint density at radius 3 is 2.05 bits per heavy atom. The molecule has 2 aromatic carbocycles. The quantitative estimate of drug-likeness (QED) is 0.901. The topological polar surface area (TPSA) is 35.8 Å². The van der Waals surface area contributed by atoms with Gasteiger partial charge in [0.25, 0.3) is 0 Å². The van der Waals surface area contributed by atoms with Gasteiger partial charge in [-0.3, -0.25) is 5.32 Å². The second-order valence-electron chi connectivity index (χ2n) is 4.85. The Kier molecular flexibility index (Phi) is 4.66. The number of hydrogen-bond acceptors (Lipinski definition) is 2. The summed E-state index contributed by atoms with van der Waals surface area (Å²) in [6.45, 7) is 1.76. The number of nitriles is 1. The van der Waals surface area contributed by atoms with E-state index in [1.54, 1.807) is 19.1 Å². The Morgan fingerprint density at radius 2 is 1.52 bits per heavy atom. The molecule has 2 nitrogen and oxygen atoms in total. The monoisotopic (exact) mass is 286 g/mol. The summed E-state index contributed by atoms with van der Waals surface area (Å²) in [5.41, 5.74) is 0.700. The molecule has 4 heteroatoms. The third kappa shape index (κ3) is 3.45. The van der Waals surface area contributed by atoms with Crippen molar-refractivity contribution in [1.82, 2.24) is 5.32 Å². The minimum Gasteiger partial charge on any atom is -0.290 e. The van der Waals surface area contributed by atoms with Crippen LogP contribution in [0.3, 0.4) is 0 Å². The predicted molar refractivity (Wildman–Crippen MR) is 77.7 cm³/mol. The van der Waals surface area contributed by atoms with Gasteiger partial charge in [-0.2, -0.15) is 14.0 Å². The average molecular weight is 286 g/mol. The minimum absolute atomic E-state index is 0.163. The van der Waals surface area contributed by atoms with Crippen LogP contribution >= 0.6 is 0 Å². The van der Waals surface area contributed by atoms with Gasteiger partial charge in [-0.1, -0.05) is 60.7 Å². The first kappa shape index (κ1) is 15.1. The lowest BCUT2D eigenvalue weighted by molar-refractivity contribution is -0.0286. The number of hydrogen-bond donors (Lipinski definition) is 1. The number of benzene rings is 2. The van der Waals surface area contributed by atoms with Crippen LogP contribution in [0.4, 0.5) is 8.78 Å². The Hall–Kier alpha value is -2.25. The van der Waals surface area contributed by atoms with Gasteiger partial charge in [0.2, 0.25) is 0 Å². The first-order valence-corrected chi connectivity index (χ1v) is 6.69. The first-order valence-electron chi connectivity index (χ1n) is 6.69. The van der Waals surface area contributed by atoms with Gasteiger partial charge in [0.1, 0.15) is 0 Å². The van der Waals surface area contributed by atoms with Gasteiger partial charge >= 0.3 is 5.92 Å². The molecule has 0 saturated carbocycles. The van der Waals surface area contributed by atoms with Crippen LogP contribution in [0.5, 0.6) is 0 Å². The summed E-state index contributed by atoms with van der Waals surface area (Å²) in [5, 5.41) is 11.8. The predicted octanol–water partition coefficient (Wildman–Crippen LogP) is 4.02. The fourth-order valence-corrected chi connectivity index (χ4v) is 2.14. The van der Waals surface area contributed by atoms with Crippen molar-refractivity contribution < 1.29 is 8.78 Å². The lowest BCUT2D eigenvalue weighted by Crippen LogP contribution is -2.43. The lowest BCUT2D eigenvalue weighted by Gasteiger charge is -2.26. The molecule has 2 rings (SSSR count). The van der Waals surface area contributed by atoms with Crippen molar-refractivity contribution in [2.24, 2.45) is 0 Å². The Labute approximate surface area is 123 Å². The molecule has 0 spiro atoms. The van der Waals surface area contributed by atoms with Crippen LogP contribution < -0.4 is 5.32 Å². The Morgan fingerprint density at radius 1 is 1.00 bits per heavy atom. The largest absolute Gasteiger partial charge is 0.301 e. The molecule has 108 valence electrons. The molecule has 0 aromatic heterocycles. The molecule has 2 atom stereocenters. The van der Waals surface area contributed by atoms with Gasteiger partial charge < -0.3 is 0 Å². The number of rotatable bonds is 5. The fraction of sp³-hybridized carbons (Fsp3) is 0.235. The summed E-state index contributed by atoms with van der Waals surface area (Å²) in [7, 11) is 0. The Balaban J connectivity index is 2.19.